The lowest BCUT2D eigenvalue weighted by atomic mass is 10.1. The van der Waals surface area contributed by atoms with E-state index in [0.29, 0.717) is 23.2 Å². The van der Waals surface area contributed by atoms with Crippen LogP contribution >= 0.6 is 0 Å². The summed E-state index contributed by atoms with van der Waals surface area (Å²) in [5.74, 6) is 0.148. The predicted octanol–water partition coefficient (Wildman–Crippen LogP) is 1.58. The summed E-state index contributed by atoms with van der Waals surface area (Å²) in [6, 6.07) is 4.93. The quantitative estimate of drug-likeness (QED) is 0.927. The van der Waals surface area contributed by atoms with E-state index >= 15 is 0 Å². The van der Waals surface area contributed by atoms with Gasteiger partial charge in [-0.1, -0.05) is 0 Å². The molecule has 3 rings (SSSR count). The molecule has 0 amide bonds. The van der Waals surface area contributed by atoms with E-state index in [0.717, 1.165) is 25.1 Å². The Morgan fingerprint density at radius 2 is 2.24 bits per heavy atom. The van der Waals surface area contributed by atoms with Crippen molar-refractivity contribution in [2.75, 3.05) is 0 Å². The predicted molar refractivity (Wildman–Crippen MR) is 76.7 cm³/mol. The molecule has 0 radical (unpaired) electrons. The third-order valence-electron chi connectivity index (χ3n) is 3.70. The average molecular weight is 288 g/mol. The fraction of sp³-hybridized carbons (Fsp3) is 0.400. The van der Waals surface area contributed by atoms with Gasteiger partial charge in [0.2, 0.25) is 0 Å². The molecule has 1 aromatic carbocycles. The zero-order valence-corrected chi connectivity index (χ0v) is 11.7. The smallest absolute Gasteiger partial charge is 0.344 e. The molecule has 6 heteroatoms. The Hall–Kier alpha value is -2.37. The first kappa shape index (κ1) is 13.6. The summed E-state index contributed by atoms with van der Waals surface area (Å²) in [4.78, 5) is 27.8. The summed E-state index contributed by atoms with van der Waals surface area (Å²) < 4.78 is 7.01. The van der Waals surface area contributed by atoms with E-state index in [2.05, 4.69) is 4.98 Å². The largest absolute Gasteiger partial charge is 0.479 e. The van der Waals surface area contributed by atoms with E-state index in [-0.39, 0.29) is 5.56 Å². The molecule has 0 unspecified atom stereocenters. The third-order valence-corrected chi connectivity index (χ3v) is 3.70. The minimum absolute atomic E-state index is 0.0804. The highest BCUT2D eigenvalue weighted by molar-refractivity contribution is 5.79. The molecule has 0 saturated heterocycles. The van der Waals surface area contributed by atoms with Gasteiger partial charge in [-0.25, -0.2) is 9.78 Å². The molecule has 0 spiro atoms. The lowest BCUT2D eigenvalue weighted by Gasteiger charge is -2.18. The SMILES string of the molecule is C[C@@H](Oc1ccc2nc3n(c(=O)c2c1)CCCC3)C(=O)O. The Morgan fingerprint density at radius 3 is 3.00 bits per heavy atom. The van der Waals surface area contributed by atoms with Crippen LogP contribution in [-0.2, 0) is 17.8 Å². The maximum atomic E-state index is 12.5. The zero-order chi connectivity index (χ0) is 15.0. The number of fused-ring (bicyclic) bond motifs is 2. The Bertz CT molecular complexity index is 766. The Morgan fingerprint density at radius 1 is 1.43 bits per heavy atom. The van der Waals surface area contributed by atoms with Crippen LogP contribution in [-0.4, -0.2) is 26.7 Å². The Kier molecular flexibility index (Phi) is 3.37. The van der Waals surface area contributed by atoms with Crippen molar-refractivity contribution in [1.82, 2.24) is 9.55 Å². The monoisotopic (exact) mass is 288 g/mol. The molecule has 0 fully saturated rings. The average Bonchev–Trinajstić information content (AvgIpc) is 2.48. The van der Waals surface area contributed by atoms with Gasteiger partial charge in [0.05, 0.1) is 10.9 Å². The second kappa shape index (κ2) is 5.20. The van der Waals surface area contributed by atoms with Gasteiger partial charge in [0.1, 0.15) is 11.6 Å². The van der Waals surface area contributed by atoms with Crippen LogP contribution in [0.1, 0.15) is 25.6 Å². The van der Waals surface area contributed by atoms with E-state index in [1.54, 1.807) is 22.8 Å². The standard InChI is InChI=1S/C15H16N2O4/c1-9(15(19)20)21-10-5-6-12-11(8-10)14(18)17-7-3-2-4-13(17)16-12/h5-6,8-9H,2-4,7H2,1H3,(H,19,20)/t9-/m1/s1. The number of hydrogen-bond acceptors (Lipinski definition) is 4. The molecule has 0 aliphatic carbocycles. The first-order chi connectivity index (χ1) is 10.1. The number of carboxylic acid groups (broad SMARTS) is 1. The number of aryl methyl sites for hydroxylation is 1. The number of nitrogens with zero attached hydrogens (tertiary/aromatic N) is 2. The summed E-state index contributed by atoms with van der Waals surface area (Å²) in [5, 5.41) is 9.33. The fourth-order valence-electron chi connectivity index (χ4n) is 2.55. The van der Waals surface area contributed by atoms with E-state index in [4.69, 9.17) is 9.84 Å². The molecule has 1 aliphatic heterocycles. The highest BCUT2D eigenvalue weighted by Gasteiger charge is 2.16. The summed E-state index contributed by atoms with van der Waals surface area (Å²) >= 11 is 0. The van der Waals surface area contributed by atoms with Crippen LogP contribution in [0.4, 0.5) is 0 Å². The molecule has 0 bridgehead atoms. The van der Waals surface area contributed by atoms with E-state index in [1.807, 2.05) is 0 Å². The van der Waals surface area contributed by atoms with Gasteiger partial charge in [0.25, 0.3) is 5.56 Å². The lowest BCUT2D eigenvalue weighted by molar-refractivity contribution is -0.144. The summed E-state index contributed by atoms with van der Waals surface area (Å²) in [6.45, 7) is 2.14. The number of aliphatic carboxylic acids is 1. The summed E-state index contributed by atoms with van der Waals surface area (Å²) in [7, 11) is 0. The van der Waals surface area contributed by atoms with Gasteiger partial charge in [-0.3, -0.25) is 9.36 Å². The van der Waals surface area contributed by atoms with E-state index in [9.17, 15) is 9.59 Å². The lowest BCUT2D eigenvalue weighted by Crippen LogP contribution is -2.28. The molecule has 1 aliphatic rings. The second-order valence-corrected chi connectivity index (χ2v) is 5.22. The van der Waals surface area contributed by atoms with Crippen LogP contribution in [0.25, 0.3) is 10.9 Å². The number of carbonyl (C=O) groups is 1. The van der Waals surface area contributed by atoms with Crippen molar-refractivity contribution in [3.63, 3.8) is 0 Å². The van der Waals surface area contributed by atoms with Gasteiger partial charge in [-0.2, -0.15) is 0 Å². The van der Waals surface area contributed by atoms with Gasteiger partial charge in [0.15, 0.2) is 6.10 Å². The molecule has 2 heterocycles. The van der Waals surface area contributed by atoms with Gasteiger partial charge in [0, 0.05) is 13.0 Å². The van der Waals surface area contributed by atoms with Crippen molar-refractivity contribution in [1.29, 1.82) is 0 Å². The maximum Gasteiger partial charge on any atom is 0.344 e. The van der Waals surface area contributed by atoms with Crippen molar-refractivity contribution in [3.05, 3.63) is 34.4 Å². The van der Waals surface area contributed by atoms with Crippen LogP contribution in [0.3, 0.4) is 0 Å². The van der Waals surface area contributed by atoms with Gasteiger partial charge < -0.3 is 9.84 Å². The van der Waals surface area contributed by atoms with E-state index in [1.165, 1.54) is 6.92 Å². The highest BCUT2D eigenvalue weighted by atomic mass is 16.5. The van der Waals surface area contributed by atoms with Crippen molar-refractivity contribution in [2.24, 2.45) is 0 Å². The summed E-state index contributed by atoms with van der Waals surface area (Å²) in [5.41, 5.74) is 0.548. The molecule has 1 atom stereocenters. The number of carboxylic acids is 1. The minimum atomic E-state index is -1.05. The van der Waals surface area contributed by atoms with E-state index < -0.39 is 12.1 Å². The zero-order valence-electron chi connectivity index (χ0n) is 11.7. The molecule has 1 N–H and O–H groups in total. The fourth-order valence-corrected chi connectivity index (χ4v) is 2.55. The number of rotatable bonds is 3. The highest BCUT2D eigenvalue weighted by Crippen LogP contribution is 2.20. The molecule has 0 saturated carbocycles. The molecular formula is C15H16N2O4. The molecular weight excluding hydrogens is 272 g/mol. The minimum Gasteiger partial charge on any atom is -0.479 e. The van der Waals surface area contributed by atoms with Crippen LogP contribution in [0.5, 0.6) is 5.75 Å². The molecule has 110 valence electrons. The third kappa shape index (κ3) is 2.49. The first-order valence-corrected chi connectivity index (χ1v) is 6.99. The topological polar surface area (TPSA) is 81.4 Å². The Labute approximate surface area is 121 Å². The van der Waals surface area contributed by atoms with Crippen molar-refractivity contribution < 1.29 is 14.6 Å². The normalized spacial score (nSPS) is 15.5. The van der Waals surface area contributed by atoms with Gasteiger partial charge in [-0.05, 0) is 38.0 Å². The number of benzene rings is 1. The van der Waals surface area contributed by atoms with Crippen molar-refractivity contribution in [3.8, 4) is 5.75 Å². The summed E-state index contributed by atoms with van der Waals surface area (Å²) in [6.07, 6.45) is 1.89. The number of hydrogen-bond donors (Lipinski definition) is 1. The number of ether oxygens (including phenoxy) is 1. The van der Waals surface area contributed by atoms with Crippen LogP contribution in [0, 0.1) is 0 Å². The number of aromatic nitrogens is 2. The molecule has 6 nitrogen and oxygen atoms in total. The van der Waals surface area contributed by atoms with Crippen LogP contribution in [0.2, 0.25) is 0 Å². The maximum absolute atomic E-state index is 12.5. The molecule has 2 aromatic rings. The Balaban J connectivity index is 2.07. The molecule has 1 aromatic heterocycles. The first-order valence-electron chi connectivity index (χ1n) is 6.99. The molecule has 21 heavy (non-hydrogen) atoms. The van der Waals surface area contributed by atoms with Crippen LogP contribution < -0.4 is 10.3 Å². The van der Waals surface area contributed by atoms with Crippen molar-refractivity contribution in [2.45, 2.75) is 38.8 Å². The van der Waals surface area contributed by atoms with Gasteiger partial charge in [-0.15, -0.1) is 0 Å². The second-order valence-electron chi connectivity index (χ2n) is 5.22. The van der Waals surface area contributed by atoms with Crippen LogP contribution in [0.15, 0.2) is 23.0 Å². The van der Waals surface area contributed by atoms with Crippen molar-refractivity contribution >= 4 is 16.9 Å². The van der Waals surface area contributed by atoms with Gasteiger partial charge >= 0.3 is 5.97 Å².